The fraction of sp³-hybridized carbons (Fsp3) is 0.413. The van der Waals surface area contributed by atoms with E-state index in [0.29, 0.717) is 69.7 Å². The van der Waals surface area contributed by atoms with Crippen molar-refractivity contribution in [2.45, 2.75) is 95.4 Å². The number of ketones is 1. The monoisotopic (exact) mass is 970 g/mol. The predicted octanol–water partition coefficient (Wildman–Crippen LogP) is 4.25. The molecule has 69 heavy (non-hydrogen) atoms. The number of aromatic nitrogens is 2. The van der Waals surface area contributed by atoms with E-state index in [9.17, 15) is 70.1 Å². The van der Waals surface area contributed by atoms with Gasteiger partial charge < -0.3 is 49.3 Å². The van der Waals surface area contributed by atoms with Gasteiger partial charge in [-0.05, 0) is 26.7 Å². The maximum absolute atomic E-state index is 14.0. The molecule has 4 amide bonds. The van der Waals surface area contributed by atoms with Gasteiger partial charge in [-0.15, -0.1) is 0 Å². The summed E-state index contributed by atoms with van der Waals surface area (Å²) in [6.45, 7) is 3.63. The number of carbonyl (C=O) groups excluding carboxylic acids is 5. The molecule has 2 saturated carbocycles. The van der Waals surface area contributed by atoms with Crippen LogP contribution in [0.3, 0.4) is 0 Å². The molecule has 9 rings (SSSR count). The topological polar surface area (TPSA) is 219 Å². The van der Waals surface area contributed by atoms with Crippen molar-refractivity contribution >= 4 is 29.4 Å². The molecule has 4 N–H and O–H groups in total. The molecule has 4 aromatic rings. The van der Waals surface area contributed by atoms with Crippen molar-refractivity contribution in [3.05, 3.63) is 126 Å². The summed E-state index contributed by atoms with van der Waals surface area (Å²) >= 11 is 0. The first kappa shape index (κ1) is 48.4. The van der Waals surface area contributed by atoms with Gasteiger partial charge in [0.1, 0.15) is 51.8 Å². The van der Waals surface area contributed by atoms with E-state index < -0.39 is 134 Å². The Labute approximate surface area is 387 Å². The molecule has 2 aliphatic carbocycles. The highest BCUT2D eigenvalue weighted by molar-refractivity contribution is 6.00. The molecule has 366 valence electrons. The molecule has 17 nitrogen and oxygen atoms in total. The summed E-state index contributed by atoms with van der Waals surface area (Å²) in [7, 11) is 0. The minimum absolute atomic E-state index is 0.0162. The second kappa shape index (κ2) is 18.8. The first-order valence-electron chi connectivity index (χ1n) is 22.0. The largest absolute Gasteiger partial charge is 0.503 e. The van der Waals surface area contributed by atoms with E-state index in [1.54, 1.807) is 18.7 Å². The number of nitrogens with one attached hydrogen (secondary N) is 2. The number of ether oxygens (including phenoxy) is 2. The Kier molecular flexibility index (Phi) is 13.2. The summed E-state index contributed by atoms with van der Waals surface area (Å²) in [5.74, 6) is -12.9. The fourth-order valence-electron chi connectivity index (χ4n) is 9.98. The molecule has 3 aliphatic heterocycles. The molecule has 1 saturated heterocycles. The number of aromatic hydroxyl groups is 2. The van der Waals surface area contributed by atoms with Crippen LogP contribution in [-0.2, 0) is 27.4 Å². The van der Waals surface area contributed by atoms with Gasteiger partial charge in [0.15, 0.2) is 28.7 Å². The maximum atomic E-state index is 14.0. The molecule has 0 radical (unpaired) electrons. The minimum Gasteiger partial charge on any atom is -0.503 e. The van der Waals surface area contributed by atoms with Crippen LogP contribution in [-0.4, -0.2) is 103 Å². The number of hydrogen-bond donors (Lipinski definition) is 4. The van der Waals surface area contributed by atoms with Crippen molar-refractivity contribution in [2.75, 3.05) is 26.3 Å². The van der Waals surface area contributed by atoms with Crippen LogP contribution in [0.5, 0.6) is 11.5 Å². The zero-order valence-corrected chi connectivity index (χ0v) is 36.9. The average molecular weight is 971 g/mol. The average Bonchev–Trinajstić information content (AvgIpc) is 3.74. The number of Topliss-reactive ketones (excluding diaryl/α,β-unsaturated/α-hetero) is 1. The lowest BCUT2D eigenvalue weighted by Crippen LogP contribution is -2.57. The Hall–Kier alpha value is -7.01. The zero-order chi connectivity index (χ0) is 49.8. The molecule has 2 aromatic heterocycles. The van der Waals surface area contributed by atoms with Gasteiger partial charge in [0.25, 0.3) is 23.6 Å². The van der Waals surface area contributed by atoms with Crippen molar-refractivity contribution in [1.82, 2.24) is 29.6 Å². The van der Waals surface area contributed by atoms with Gasteiger partial charge in [0.05, 0.1) is 37.4 Å². The van der Waals surface area contributed by atoms with Crippen LogP contribution in [0.15, 0.2) is 46.2 Å². The van der Waals surface area contributed by atoms with Crippen LogP contribution in [0.4, 0.5) is 26.3 Å². The Balaban J connectivity index is 0.000000187. The van der Waals surface area contributed by atoms with Crippen LogP contribution in [0.25, 0.3) is 0 Å². The number of carbonyl (C=O) groups is 5. The third-order valence-corrected chi connectivity index (χ3v) is 13.3. The lowest BCUT2D eigenvalue weighted by molar-refractivity contribution is -0.194. The van der Waals surface area contributed by atoms with Crippen molar-refractivity contribution in [1.29, 1.82) is 0 Å². The van der Waals surface area contributed by atoms with E-state index in [1.165, 1.54) is 20.2 Å². The van der Waals surface area contributed by atoms with Gasteiger partial charge in [-0.25, -0.2) is 26.3 Å². The number of likely N-dealkylation sites (N-methyl/N-ethyl adjacent to an activating group) is 2. The summed E-state index contributed by atoms with van der Waals surface area (Å²) in [5, 5.41) is 25.6. The standard InChI is InChI=1S/C24H24F3N3O6.C22H20F3N3O5/c1-2-29-18-9-24(35-5-6-36-24)4-3-17(18)30-11-14(20(31)21(32)19(30)23(29)34)22(33)28-10-13-15(26)7-12(25)8-16(13)27;1-2-27-17-7-11(29)3-4-16(17)28-9-13(19(30)20(31)18(28)22(27)33)21(32)26-8-12-14(24)5-10(23)6-15(12)25/h7-8,11,17-18,32H,2-6,9-10H2,1H3,(H,28,33);5-6,9,16-17,31H,2-4,7-8H2,1H3,(H,26,32)/t17-,18+;16-,17+/m00/s1. The fourth-order valence-corrected chi connectivity index (χ4v) is 9.98. The van der Waals surface area contributed by atoms with Gasteiger partial charge in [-0.1, -0.05) is 0 Å². The van der Waals surface area contributed by atoms with Gasteiger partial charge in [-0.2, -0.15) is 0 Å². The molecule has 5 heterocycles. The Bertz CT molecular complexity index is 2890. The molecule has 4 atom stereocenters. The highest BCUT2D eigenvalue weighted by atomic mass is 19.2. The Morgan fingerprint density at radius 3 is 1.51 bits per heavy atom. The summed E-state index contributed by atoms with van der Waals surface area (Å²) in [5.41, 5.74) is -4.92. The SMILES string of the molecule is CCN1C(=O)c2c(O)c(=O)c(C(=O)NCc3c(F)cc(F)cc3F)cn2[C@H]2CCC(=O)C[C@H]21.CCN1C(=O)c2c(O)c(=O)c(C(=O)NCc3c(F)cc(F)cc3F)cn2[C@H]2CCC3(C[C@H]21)OCCO3. The van der Waals surface area contributed by atoms with Crippen molar-refractivity contribution < 1.29 is 70.0 Å². The summed E-state index contributed by atoms with van der Waals surface area (Å²) in [6.07, 6.45) is 4.40. The third kappa shape index (κ3) is 8.72. The van der Waals surface area contributed by atoms with Gasteiger partial charge in [0.2, 0.25) is 10.9 Å². The normalized spacial score (nSPS) is 21.2. The van der Waals surface area contributed by atoms with E-state index in [2.05, 4.69) is 10.6 Å². The number of amides is 4. The number of halogens is 6. The second-order valence-corrected chi connectivity index (χ2v) is 17.1. The van der Waals surface area contributed by atoms with Crippen molar-refractivity contribution in [3.8, 4) is 11.5 Å². The predicted molar refractivity (Wildman–Crippen MR) is 226 cm³/mol. The molecule has 3 fully saturated rings. The Morgan fingerprint density at radius 2 is 1.07 bits per heavy atom. The summed E-state index contributed by atoms with van der Waals surface area (Å²) < 4.78 is 96.3. The first-order valence-corrected chi connectivity index (χ1v) is 22.0. The van der Waals surface area contributed by atoms with Gasteiger partial charge in [-0.3, -0.25) is 33.6 Å². The quantitative estimate of drug-likeness (QED) is 0.183. The highest BCUT2D eigenvalue weighted by Gasteiger charge is 2.52. The van der Waals surface area contributed by atoms with Gasteiger partial charge >= 0.3 is 0 Å². The number of nitrogens with zero attached hydrogens (tertiary/aromatic N) is 4. The molecular formula is C46H44F6N6O11. The van der Waals surface area contributed by atoms with E-state index >= 15 is 0 Å². The van der Waals surface area contributed by atoms with E-state index in [0.717, 1.165) is 6.20 Å². The van der Waals surface area contributed by atoms with Crippen LogP contribution in [0.2, 0.25) is 0 Å². The number of rotatable bonds is 8. The highest BCUT2D eigenvalue weighted by Crippen LogP contribution is 2.46. The third-order valence-electron chi connectivity index (χ3n) is 13.3. The van der Waals surface area contributed by atoms with Crippen LogP contribution >= 0.6 is 0 Å². The number of benzene rings is 2. The zero-order valence-electron chi connectivity index (χ0n) is 36.9. The van der Waals surface area contributed by atoms with Crippen LogP contribution < -0.4 is 21.5 Å². The Morgan fingerprint density at radius 1 is 0.652 bits per heavy atom. The smallest absolute Gasteiger partial charge is 0.274 e. The van der Waals surface area contributed by atoms with Crippen molar-refractivity contribution in [3.63, 3.8) is 0 Å². The molecule has 5 aliphatic rings. The minimum atomic E-state index is -1.21. The van der Waals surface area contributed by atoms with Crippen LogP contribution in [0.1, 0.15) is 117 Å². The molecule has 0 unspecified atom stereocenters. The van der Waals surface area contributed by atoms with Gasteiger partial charge in [0, 0.05) is 99.6 Å². The number of fused-ring (bicyclic) bond motifs is 6. The summed E-state index contributed by atoms with van der Waals surface area (Å²) in [6, 6.07) is 0.186. The maximum Gasteiger partial charge on any atom is 0.274 e. The lowest BCUT2D eigenvalue weighted by atomic mass is 9.82. The second-order valence-electron chi connectivity index (χ2n) is 17.1. The first-order chi connectivity index (χ1) is 32.8. The summed E-state index contributed by atoms with van der Waals surface area (Å²) in [4.78, 5) is 92.3. The van der Waals surface area contributed by atoms with Crippen LogP contribution in [0, 0.1) is 34.9 Å². The molecule has 23 heteroatoms. The van der Waals surface area contributed by atoms with E-state index in [4.69, 9.17) is 9.47 Å². The molecular weight excluding hydrogens is 927 g/mol. The molecule has 2 aromatic carbocycles. The van der Waals surface area contributed by atoms with E-state index in [1.807, 2.05) is 0 Å². The van der Waals surface area contributed by atoms with E-state index in [-0.39, 0.29) is 48.6 Å². The number of pyridine rings is 2. The van der Waals surface area contributed by atoms with Crippen molar-refractivity contribution in [2.24, 2.45) is 0 Å². The number of hydrogen-bond acceptors (Lipinski definition) is 11. The molecule has 1 spiro atoms. The lowest BCUT2D eigenvalue weighted by Gasteiger charge is -2.49. The molecule has 0 bridgehead atoms.